The molecule has 20 heavy (non-hydrogen) atoms. The van der Waals surface area contributed by atoms with Crippen LogP contribution in [0.4, 0.5) is 0 Å². The highest BCUT2D eigenvalue weighted by Crippen LogP contribution is 2.18. The van der Waals surface area contributed by atoms with E-state index in [2.05, 4.69) is 43.4 Å². The van der Waals surface area contributed by atoms with E-state index in [9.17, 15) is 4.21 Å². The quantitative estimate of drug-likeness (QED) is 0.841. The fraction of sp³-hybridized carbons (Fsp3) is 0.412. The molecule has 2 atom stereocenters. The highest BCUT2D eigenvalue weighted by Gasteiger charge is 2.12. The molecule has 0 aliphatic carbocycles. The van der Waals surface area contributed by atoms with Crippen molar-refractivity contribution in [1.29, 1.82) is 0 Å². The van der Waals surface area contributed by atoms with Crippen LogP contribution in [0.25, 0.3) is 10.8 Å². The third-order valence-electron chi connectivity index (χ3n) is 3.47. The van der Waals surface area contributed by atoms with Crippen LogP contribution in [0.1, 0.15) is 26.7 Å². The predicted octanol–water partition coefficient (Wildman–Crippen LogP) is 3.73. The molecule has 0 radical (unpaired) electrons. The minimum Gasteiger partial charge on any atom is -0.313 e. The van der Waals surface area contributed by atoms with Crippen LogP contribution >= 0.6 is 0 Å². The molecule has 0 heterocycles. The summed E-state index contributed by atoms with van der Waals surface area (Å²) in [6, 6.07) is 14.7. The van der Waals surface area contributed by atoms with E-state index in [1.807, 2.05) is 18.2 Å². The summed E-state index contributed by atoms with van der Waals surface area (Å²) in [5, 5.41) is 5.79. The average Bonchev–Trinajstić information content (AvgIpc) is 2.47. The summed E-state index contributed by atoms with van der Waals surface area (Å²) in [5.74, 6) is 0.694. The van der Waals surface area contributed by atoms with Gasteiger partial charge in [-0.15, -0.1) is 0 Å². The van der Waals surface area contributed by atoms with Gasteiger partial charge in [-0.25, -0.2) is 0 Å². The molecular formula is C17H23NOS. The fourth-order valence-corrected chi connectivity index (χ4v) is 3.79. The molecule has 0 fully saturated rings. The monoisotopic (exact) mass is 289 g/mol. The number of rotatable bonds is 7. The summed E-state index contributed by atoms with van der Waals surface area (Å²) in [4.78, 5) is 0.933. The van der Waals surface area contributed by atoms with Crippen molar-refractivity contribution in [2.75, 3.05) is 12.3 Å². The van der Waals surface area contributed by atoms with Crippen LogP contribution in [-0.2, 0) is 10.8 Å². The van der Waals surface area contributed by atoms with Crippen molar-refractivity contribution in [3.63, 3.8) is 0 Å². The van der Waals surface area contributed by atoms with Gasteiger partial charge in [0, 0.05) is 16.7 Å². The molecule has 0 amide bonds. The van der Waals surface area contributed by atoms with E-state index in [-0.39, 0.29) is 0 Å². The van der Waals surface area contributed by atoms with E-state index in [1.165, 1.54) is 5.39 Å². The molecular weight excluding hydrogens is 266 g/mol. The zero-order chi connectivity index (χ0) is 14.4. The van der Waals surface area contributed by atoms with Crippen molar-refractivity contribution < 1.29 is 4.21 Å². The van der Waals surface area contributed by atoms with E-state index in [0.717, 1.165) is 29.7 Å². The Hall–Kier alpha value is -1.19. The van der Waals surface area contributed by atoms with Gasteiger partial charge in [-0.05, 0) is 35.9 Å². The van der Waals surface area contributed by atoms with E-state index in [4.69, 9.17) is 0 Å². The molecule has 2 aromatic rings. The first kappa shape index (κ1) is 15.2. The molecule has 0 aliphatic heterocycles. The molecule has 1 N–H and O–H groups in total. The molecule has 2 aromatic carbocycles. The smallest absolute Gasteiger partial charge is 0.0545 e. The molecule has 108 valence electrons. The summed E-state index contributed by atoms with van der Waals surface area (Å²) >= 11 is 0. The predicted molar refractivity (Wildman–Crippen MR) is 87.6 cm³/mol. The van der Waals surface area contributed by atoms with Crippen LogP contribution < -0.4 is 5.32 Å². The molecule has 0 bridgehead atoms. The van der Waals surface area contributed by atoms with Gasteiger partial charge in [0.05, 0.1) is 10.8 Å². The zero-order valence-electron chi connectivity index (χ0n) is 12.3. The van der Waals surface area contributed by atoms with Crippen LogP contribution in [0, 0.1) is 0 Å². The van der Waals surface area contributed by atoms with Gasteiger partial charge in [-0.1, -0.05) is 50.6 Å². The van der Waals surface area contributed by atoms with Crippen molar-refractivity contribution >= 4 is 21.6 Å². The van der Waals surface area contributed by atoms with E-state index in [1.54, 1.807) is 0 Å². The lowest BCUT2D eigenvalue weighted by atomic mass is 10.1. The summed E-state index contributed by atoms with van der Waals surface area (Å²) in [6.07, 6.45) is 2.19. The van der Waals surface area contributed by atoms with Crippen molar-refractivity contribution in [3.05, 3.63) is 42.5 Å². The minimum atomic E-state index is -0.935. The highest BCUT2D eigenvalue weighted by molar-refractivity contribution is 7.85. The van der Waals surface area contributed by atoms with E-state index < -0.39 is 10.8 Å². The van der Waals surface area contributed by atoms with Crippen molar-refractivity contribution in [3.8, 4) is 0 Å². The molecule has 0 aromatic heterocycles. The Kier molecular flexibility index (Phi) is 5.74. The largest absolute Gasteiger partial charge is 0.313 e. The van der Waals surface area contributed by atoms with Crippen LogP contribution in [0.3, 0.4) is 0 Å². The summed E-state index contributed by atoms with van der Waals surface area (Å²) in [6.45, 7) is 5.20. The lowest BCUT2D eigenvalue weighted by Crippen LogP contribution is -2.33. The Balaban J connectivity index is 2.13. The number of hydrogen-bond acceptors (Lipinski definition) is 2. The fourth-order valence-electron chi connectivity index (χ4n) is 2.47. The molecule has 0 spiro atoms. The number of benzene rings is 2. The Labute approximate surface area is 124 Å². The number of hydrogen-bond donors (Lipinski definition) is 1. The second-order valence-electron chi connectivity index (χ2n) is 5.06. The highest BCUT2D eigenvalue weighted by atomic mass is 32.2. The lowest BCUT2D eigenvalue weighted by Gasteiger charge is -2.16. The number of nitrogens with one attached hydrogen (secondary N) is 1. The Bertz CT molecular complexity index is 576. The summed E-state index contributed by atoms with van der Waals surface area (Å²) in [7, 11) is -0.935. The van der Waals surface area contributed by atoms with Crippen LogP contribution in [0.2, 0.25) is 0 Å². The molecule has 0 saturated carbocycles. The maximum absolute atomic E-state index is 12.5. The molecule has 3 heteroatoms. The Morgan fingerprint density at radius 1 is 1.10 bits per heavy atom. The topological polar surface area (TPSA) is 29.1 Å². The molecule has 2 rings (SSSR count). The van der Waals surface area contributed by atoms with Crippen LogP contribution in [0.15, 0.2) is 47.4 Å². The van der Waals surface area contributed by atoms with Crippen molar-refractivity contribution in [2.24, 2.45) is 0 Å². The minimum absolute atomic E-state index is 0.345. The van der Waals surface area contributed by atoms with Crippen LogP contribution in [0.5, 0.6) is 0 Å². The Morgan fingerprint density at radius 2 is 1.85 bits per heavy atom. The molecule has 0 aliphatic rings. The third-order valence-corrected chi connectivity index (χ3v) is 4.95. The molecule has 2 unspecified atom stereocenters. The van der Waals surface area contributed by atoms with Crippen LogP contribution in [-0.4, -0.2) is 22.5 Å². The maximum Gasteiger partial charge on any atom is 0.0545 e. The van der Waals surface area contributed by atoms with Gasteiger partial charge < -0.3 is 5.32 Å². The normalized spacial score (nSPS) is 14.3. The summed E-state index contributed by atoms with van der Waals surface area (Å²) in [5.41, 5.74) is 0. The van der Waals surface area contributed by atoms with Gasteiger partial charge in [-0.2, -0.15) is 0 Å². The lowest BCUT2D eigenvalue weighted by molar-refractivity contribution is 0.525. The summed E-state index contributed by atoms with van der Waals surface area (Å²) < 4.78 is 12.5. The second-order valence-corrected chi connectivity index (χ2v) is 6.56. The zero-order valence-corrected chi connectivity index (χ0v) is 13.1. The van der Waals surface area contributed by atoms with Gasteiger partial charge in [0.15, 0.2) is 0 Å². The van der Waals surface area contributed by atoms with E-state index >= 15 is 0 Å². The van der Waals surface area contributed by atoms with Gasteiger partial charge in [0.2, 0.25) is 0 Å². The number of fused-ring (bicyclic) bond motifs is 1. The standard InChI is InChI=1S/C17H23NOS/c1-3-7-16(18-4-2)13-20(19)17-11-10-14-8-5-6-9-15(14)12-17/h5-6,8-12,16,18H,3-4,7,13H2,1-2H3. The molecule has 2 nitrogen and oxygen atoms in total. The first-order chi connectivity index (χ1) is 9.74. The van der Waals surface area contributed by atoms with Gasteiger partial charge in [-0.3, -0.25) is 4.21 Å². The SMILES string of the molecule is CCCC(CS(=O)c1ccc2ccccc2c1)NCC. The second kappa shape index (κ2) is 7.55. The first-order valence-electron chi connectivity index (χ1n) is 7.35. The van der Waals surface area contributed by atoms with Gasteiger partial charge >= 0.3 is 0 Å². The van der Waals surface area contributed by atoms with Crippen molar-refractivity contribution in [1.82, 2.24) is 5.32 Å². The van der Waals surface area contributed by atoms with E-state index in [0.29, 0.717) is 11.8 Å². The first-order valence-corrected chi connectivity index (χ1v) is 8.67. The maximum atomic E-state index is 12.5. The third kappa shape index (κ3) is 3.90. The van der Waals surface area contributed by atoms with Crippen molar-refractivity contribution in [2.45, 2.75) is 37.6 Å². The van der Waals surface area contributed by atoms with Gasteiger partial charge in [0.1, 0.15) is 0 Å². The van der Waals surface area contributed by atoms with Gasteiger partial charge in [0.25, 0.3) is 0 Å². The average molecular weight is 289 g/mol. The Morgan fingerprint density at radius 3 is 2.55 bits per heavy atom. The molecule has 0 saturated heterocycles.